The lowest BCUT2D eigenvalue weighted by molar-refractivity contribution is 0.156. The highest BCUT2D eigenvalue weighted by molar-refractivity contribution is 5.46. The Labute approximate surface area is 78.7 Å². The fraction of sp³-hybridized carbons (Fsp3) is 0.455. The molecule has 0 amide bonds. The van der Waals surface area contributed by atoms with Crippen molar-refractivity contribution in [1.82, 2.24) is 0 Å². The molecule has 1 aliphatic rings. The SMILES string of the molecule is COCC1Cc2ccc(N)cc2C1. The molecule has 0 aliphatic heterocycles. The molecule has 1 unspecified atom stereocenters. The van der Waals surface area contributed by atoms with Gasteiger partial charge >= 0.3 is 0 Å². The molecular weight excluding hydrogens is 162 g/mol. The summed E-state index contributed by atoms with van der Waals surface area (Å²) in [5, 5.41) is 0. The molecule has 1 aliphatic carbocycles. The van der Waals surface area contributed by atoms with Crippen molar-refractivity contribution in [2.45, 2.75) is 12.8 Å². The topological polar surface area (TPSA) is 35.2 Å². The van der Waals surface area contributed by atoms with Gasteiger partial charge in [-0.1, -0.05) is 6.07 Å². The summed E-state index contributed by atoms with van der Waals surface area (Å²) >= 11 is 0. The van der Waals surface area contributed by atoms with Crippen LogP contribution in [0.3, 0.4) is 0 Å². The molecule has 0 saturated heterocycles. The van der Waals surface area contributed by atoms with Gasteiger partial charge < -0.3 is 10.5 Å². The van der Waals surface area contributed by atoms with Crippen LogP contribution >= 0.6 is 0 Å². The summed E-state index contributed by atoms with van der Waals surface area (Å²) in [6.07, 6.45) is 2.26. The maximum Gasteiger partial charge on any atom is 0.0496 e. The van der Waals surface area contributed by atoms with Crippen LogP contribution < -0.4 is 5.73 Å². The van der Waals surface area contributed by atoms with E-state index in [1.807, 2.05) is 6.07 Å². The van der Waals surface area contributed by atoms with Gasteiger partial charge in [0.05, 0.1) is 0 Å². The van der Waals surface area contributed by atoms with E-state index in [0.717, 1.165) is 25.1 Å². The first-order valence-electron chi connectivity index (χ1n) is 4.66. The third-order valence-electron chi connectivity index (χ3n) is 2.65. The summed E-state index contributed by atoms with van der Waals surface area (Å²) in [6, 6.07) is 6.21. The quantitative estimate of drug-likeness (QED) is 0.697. The van der Waals surface area contributed by atoms with Crippen LogP contribution in [-0.4, -0.2) is 13.7 Å². The lowest BCUT2D eigenvalue weighted by Crippen LogP contribution is -2.07. The molecule has 1 aromatic carbocycles. The normalized spacial score (nSPS) is 20.2. The second kappa shape index (κ2) is 3.38. The molecule has 0 fully saturated rings. The second-order valence-corrected chi connectivity index (χ2v) is 3.76. The summed E-state index contributed by atoms with van der Waals surface area (Å²) in [5.74, 6) is 0.654. The van der Waals surface area contributed by atoms with Crippen molar-refractivity contribution in [3.8, 4) is 0 Å². The smallest absolute Gasteiger partial charge is 0.0496 e. The van der Waals surface area contributed by atoms with Crippen molar-refractivity contribution in [1.29, 1.82) is 0 Å². The fourth-order valence-electron chi connectivity index (χ4n) is 2.08. The number of rotatable bonds is 2. The summed E-state index contributed by atoms with van der Waals surface area (Å²) in [6.45, 7) is 0.856. The number of fused-ring (bicyclic) bond motifs is 1. The Kier molecular flexibility index (Phi) is 2.23. The van der Waals surface area contributed by atoms with E-state index in [1.165, 1.54) is 11.1 Å². The lowest BCUT2D eigenvalue weighted by Gasteiger charge is -2.05. The van der Waals surface area contributed by atoms with Gasteiger partial charge in [-0.15, -0.1) is 0 Å². The van der Waals surface area contributed by atoms with Gasteiger partial charge in [0.1, 0.15) is 0 Å². The molecular formula is C11H15NO. The number of nitrogen functional groups attached to an aromatic ring is 1. The third-order valence-corrected chi connectivity index (χ3v) is 2.65. The molecule has 0 bridgehead atoms. The first-order chi connectivity index (χ1) is 6.29. The van der Waals surface area contributed by atoms with Crippen LogP contribution in [0.2, 0.25) is 0 Å². The van der Waals surface area contributed by atoms with Gasteiger partial charge in [0.25, 0.3) is 0 Å². The van der Waals surface area contributed by atoms with Crippen molar-refractivity contribution in [2.75, 3.05) is 19.5 Å². The average Bonchev–Trinajstić information content (AvgIpc) is 2.46. The van der Waals surface area contributed by atoms with Gasteiger partial charge in [0.15, 0.2) is 0 Å². The zero-order valence-corrected chi connectivity index (χ0v) is 7.92. The highest BCUT2D eigenvalue weighted by Crippen LogP contribution is 2.28. The van der Waals surface area contributed by atoms with Gasteiger partial charge in [0, 0.05) is 19.4 Å². The van der Waals surface area contributed by atoms with E-state index in [4.69, 9.17) is 10.5 Å². The Hall–Kier alpha value is -1.02. The molecule has 1 aromatic rings. The highest BCUT2D eigenvalue weighted by Gasteiger charge is 2.20. The standard InChI is InChI=1S/C11H15NO/c1-13-7-8-4-9-2-3-11(12)6-10(9)5-8/h2-3,6,8H,4-5,7,12H2,1H3. The Bertz CT molecular complexity index is 309. The molecule has 0 spiro atoms. The Morgan fingerprint density at radius 1 is 1.38 bits per heavy atom. The van der Waals surface area contributed by atoms with Gasteiger partial charge in [-0.2, -0.15) is 0 Å². The zero-order chi connectivity index (χ0) is 9.26. The molecule has 2 nitrogen and oxygen atoms in total. The van der Waals surface area contributed by atoms with E-state index in [0.29, 0.717) is 5.92 Å². The number of benzene rings is 1. The molecule has 2 rings (SSSR count). The van der Waals surface area contributed by atoms with E-state index in [1.54, 1.807) is 7.11 Å². The van der Waals surface area contributed by atoms with Crippen LogP contribution in [0.1, 0.15) is 11.1 Å². The van der Waals surface area contributed by atoms with Gasteiger partial charge in [-0.3, -0.25) is 0 Å². The minimum absolute atomic E-state index is 0.654. The van der Waals surface area contributed by atoms with Crippen LogP contribution in [0, 0.1) is 5.92 Å². The summed E-state index contributed by atoms with van der Waals surface area (Å²) in [4.78, 5) is 0. The van der Waals surface area contributed by atoms with Crippen LogP contribution in [0.15, 0.2) is 18.2 Å². The number of hydrogen-bond acceptors (Lipinski definition) is 2. The Morgan fingerprint density at radius 2 is 2.15 bits per heavy atom. The van der Waals surface area contributed by atoms with Gasteiger partial charge in [-0.25, -0.2) is 0 Å². The predicted molar refractivity (Wildman–Crippen MR) is 53.6 cm³/mol. The molecule has 13 heavy (non-hydrogen) atoms. The minimum atomic E-state index is 0.654. The molecule has 1 atom stereocenters. The number of anilines is 1. The monoisotopic (exact) mass is 177 g/mol. The van der Waals surface area contributed by atoms with Crippen molar-refractivity contribution in [3.05, 3.63) is 29.3 Å². The first-order valence-corrected chi connectivity index (χ1v) is 4.66. The number of nitrogens with two attached hydrogens (primary N) is 1. The molecule has 0 heterocycles. The zero-order valence-electron chi connectivity index (χ0n) is 7.92. The molecule has 70 valence electrons. The highest BCUT2D eigenvalue weighted by atomic mass is 16.5. The molecule has 2 heteroatoms. The third kappa shape index (κ3) is 1.68. The predicted octanol–water partition coefficient (Wildman–Crippen LogP) is 1.63. The maximum atomic E-state index is 5.72. The molecule has 0 radical (unpaired) electrons. The Morgan fingerprint density at radius 3 is 2.92 bits per heavy atom. The molecule has 0 saturated carbocycles. The van der Waals surface area contributed by atoms with Crippen molar-refractivity contribution in [2.24, 2.45) is 5.92 Å². The van der Waals surface area contributed by atoms with E-state index in [9.17, 15) is 0 Å². The van der Waals surface area contributed by atoms with E-state index >= 15 is 0 Å². The minimum Gasteiger partial charge on any atom is -0.399 e. The summed E-state index contributed by atoms with van der Waals surface area (Å²) in [7, 11) is 1.76. The largest absolute Gasteiger partial charge is 0.399 e. The van der Waals surface area contributed by atoms with Gasteiger partial charge in [0.2, 0.25) is 0 Å². The van der Waals surface area contributed by atoms with Gasteiger partial charge in [-0.05, 0) is 42.0 Å². The number of ether oxygens (including phenoxy) is 1. The van der Waals surface area contributed by atoms with Crippen LogP contribution in [0.4, 0.5) is 5.69 Å². The summed E-state index contributed by atoms with van der Waals surface area (Å²) in [5.41, 5.74) is 9.44. The molecule has 2 N–H and O–H groups in total. The maximum absolute atomic E-state index is 5.72. The van der Waals surface area contributed by atoms with Crippen molar-refractivity contribution in [3.63, 3.8) is 0 Å². The van der Waals surface area contributed by atoms with E-state index in [-0.39, 0.29) is 0 Å². The van der Waals surface area contributed by atoms with Crippen molar-refractivity contribution < 1.29 is 4.74 Å². The average molecular weight is 177 g/mol. The lowest BCUT2D eigenvalue weighted by atomic mass is 10.1. The van der Waals surface area contributed by atoms with E-state index in [2.05, 4.69) is 12.1 Å². The number of methoxy groups -OCH3 is 1. The van der Waals surface area contributed by atoms with Crippen LogP contribution in [-0.2, 0) is 17.6 Å². The van der Waals surface area contributed by atoms with Crippen molar-refractivity contribution >= 4 is 5.69 Å². The first kappa shape index (κ1) is 8.57. The second-order valence-electron chi connectivity index (χ2n) is 3.76. The fourth-order valence-corrected chi connectivity index (χ4v) is 2.08. The Balaban J connectivity index is 2.16. The van der Waals surface area contributed by atoms with E-state index < -0.39 is 0 Å². The summed E-state index contributed by atoms with van der Waals surface area (Å²) < 4.78 is 5.16. The molecule has 0 aromatic heterocycles. The van der Waals surface area contributed by atoms with Crippen LogP contribution in [0.25, 0.3) is 0 Å². The van der Waals surface area contributed by atoms with Crippen LogP contribution in [0.5, 0.6) is 0 Å². The number of hydrogen-bond donors (Lipinski definition) is 1.